The van der Waals surface area contributed by atoms with E-state index in [0.29, 0.717) is 12.8 Å². The highest BCUT2D eigenvalue weighted by molar-refractivity contribution is 5.82. The van der Waals surface area contributed by atoms with Crippen molar-refractivity contribution in [2.75, 3.05) is 0 Å². The van der Waals surface area contributed by atoms with Crippen LogP contribution in [-0.2, 0) is 14.3 Å². The Morgan fingerprint density at radius 3 is 2.33 bits per heavy atom. The van der Waals surface area contributed by atoms with Gasteiger partial charge in [0.2, 0.25) is 0 Å². The van der Waals surface area contributed by atoms with Crippen LogP contribution in [0.25, 0.3) is 0 Å². The zero-order chi connectivity index (χ0) is 23.8. The van der Waals surface area contributed by atoms with E-state index in [0.717, 1.165) is 18.4 Å². The van der Waals surface area contributed by atoms with Gasteiger partial charge in [0.15, 0.2) is 6.10 Å². The summed E-state index contributed by atoms with van der Waals surface area (Å²) in [5.74, 6) is -0.524. The quantitative estimate of drug-likeness (QED) is 0.436. The lowest BCUT2D eigenvalue weighted by Crippen LogP contribution is -2.75. The average Bonchev–Trinajstić information content (AvgIpc) is 3.32. The zero-order valence-corrected chi connectivity index (χ0v) is 20.1. The van der Waals surface area contributed by atoms with Crippen molar-refractivity contribution in [2.45, 2.75) is 96.4 Å². The monoisotopic (exact) mass is 460 g/mol. The Labute approximate surface area is 194 Å². The molecule has 3 heterocycles. The lowest BCUT2D eigenvalue weighted by Gasteiger charge is -2.71. The number of fused-ring (bicyclic) bond motifs is 3. The predicted molar refractivity (Wildman–Crippen MR) is 117 cm³/mol. The molecule has 0 radical (unpaired) electrons. The van der Waals surface area contributed by atoms with Crippen LogP contribution in [0.1, 0.15) is 72.0 Å². The average molecular weight is 461 g/mol. The van der Waals surface area contributed by atoms with Crippen LogP contribution in [0.2, 0.25) is 0 Å². The minimum Gasteiger partial charge on any atom is -0.472 e. The number of rotatable bonds is 1. The van der Waals surface area contributed by atoms with Crippen molar-refractivity contribution in [2.24, 2.45) is 33.5 Å². The number of hydrogen-bond acceptors (Lipinski definition) is 7. The fourth-order valence-corrected chi connectivity index (χ4v) is 9.48. The molecule has 2 saturated heterocycles. The van der Waals surface area contributed by atoms with Crippen LogP contribution in [0.4, 0.5) is 0 Å². The van der Waals surface area contributed by atoms with Gasteiger partial charge in [0.25, 0.3) is 0 Å². The molecule has 5 aliphatic rings. The molecule has 182 valence electrons. The van der Waals surface area contributed by atoms with Crippen LogP contribution in [0.5, 0.6) is 0 Å². The second-order valence-corrected chi connectivity index (χ2v) is 12.7. The Hall–Kier alpha value is -1.41. The molecule has 7 nitrogen and oxygen atoms in total. The van der Waals surface area contributed by atoms with Crippen molar-refractivity contribution in [3.63, 3.8) is 0 Å². The fraction of sp³-hybridized carbons (Fsp3) is 0.808. The maximum absolute atomic E-state index is 13.1. The van der Waals surface area contributed by atoms with E-state index in [-0.39, 0.29) is 17.8 Å². The van der Waals surface area contributed by atoms with E-state index in [4.69, 9.17) is 13.9 Å². The smallest absolute Gasteiger partial charge is 0.339 e. The zero-order valence-electron chi connectivity index (χ0n) is 20.1. The molecule has 0 aromatic carbocycles. The first-order valence-electron chi connectivity index (χ1n) is 12.3. The van der Waals surface area contributed by atoms with Gasteiger partial charge >= 0.3 is 5.97 Å². The third kappa shape index (κ3) is 2.20. The number of carbonyl (C=O) groups is 1. The molecule has 1 aromatic heterocycles. The molecular formula is C26H36O7. The summed E-state index contributed by atoms with van der Waals surface area (Å²) < 4.78 is 17.6. The number of aliphatic hydroxyl groups excluding tert-OH is 3. The van der Waals surface area contributed by atoms with Crippen LogP contribution in [0.15, 0.2) is 23.0 Å². The van der Waals surface area contributed by atoms with Crippen LogP contribution in [-0.4, -0.2) is 51.3 Å². The maximum Gasteiger partial charge on any atom is 0.339 e. The number of hydrogen-bond donors (Lipinski definition) is 3. The molecule has 0 bridgehead atoms. The second kappa shape index (κ2) is 6.23. The molecule has 6 rings (SSSR count). The van der Waals surface area contributed by atoms with Crippen molar-refractivity contribution in [3.05, 3.63) is 24.2 Å². The number of aliphatic hydroxyl groups is 3. The first-order chi connectivity index (χ1) is 15.4. The van der Waals surface area contributed by atoms with Crippen molar-refractivity contribution in [1.82, 2.24) is 0 Å². The number of furan rings is 1. The molecule has 0 amide bonds. The number of esters is 1. The van der Waals surface area contributed by atoms with Crippen LogP contribution in [0.3, 0.4) is 0 Å². The summed E-state index contributed by atoms with van der Waals surface area (Å²) in [6.07, 6.45) is 2.17. The number of cyclic esters (lactones) is 1. The largest absolute Gasteiger partial charge is 0.472 e. The standard InChI is InChI=1S/C26H36O7/c1-22(2)15-10-18(29)25(5)14(24(15,4)17(28)11-16(22)27)6-8-23(3)19(13-7-9-31-12-13)32-21(30)20-26(23,25)33-20/h7,9,12,14-20,27-29H,6,8,10-11H2,1-5H3/t14-,15+,16+,17-,18+,19-,20+,23-,24+,25-,26-/m0/s1. The van der Waals surface area contributed by atoms with Gasteiger partial charge in [-0.1, -0.05) is 34.6 Å². The third-order valence-corrected chi connectivity index (χ3v) is 11.4. The molecule has 7 heteroatoms. The molecule has 1 spiro atoms. The van der Waals surface area contributed by atoms with E-state index in [2.05, 4.69) is 34.6 Å². The summed E-state index contributed by atoms with van der Waals surface area (Å²) in [6, 6.07) is 1.83. The first kappa shape index (κ1) is 22.1. The van der Waals surface area contributed by atoms with Gasteiger partial charge in [0.05, 0.1) is 30.8 Å². The molecule has 11 atom stereocenters. The minimum atomic E-state index is -0.881. The number of epoxide rings is 1. The van der Waals surface area contributed by atoms with Crippen molar-refractivity contribution >= 4 is 5.97 Å². The van der Waals surface area contributed by atoms with Crippen molar-refractivity contribution in [1.29, 1.82) is 0 Å². The highest BCUT2D eigenvalue weighted by Crippen LogP contribution is 2.80. The third-order valence-electron chi connectivity index (χ3n) is 11.4. The van der Waals surface area contributed by atoms with Crippen molar-refractivity contribution in [3.8, 4) is 0 Å². The molecule has 0 unspecified atom stereocenters. The van der Waals surface area contributed by atoms with E-state index < -0.39 is 57.8 Å². The Morgan fingerprint density at radius 1 is 0.939 bits per heavy atom. The van der Waals surface area contributed by atoms with Gasteiger partial charge in [-0.25, -0.2) is 4.79 Å². The summed E-state index contributed by atoms with van der Waals surface area (Å²) in [7, 11) is 0. The second-order valence-electron chi connectivity index (χ2n) is 12.7. The van der Waals surface area contributed by atoms with Crippen molar-refractivity contribution < 1.29 is 34.0 Å². The summed E-state index contributed by atoms with van der Waals surface area (Å²) >= 11 is 0. The Balaban J connectivity index is 1.51. The van der Waals surface area contributed by atoms with Gasteiger partial charge in [-0.2, -0.15) is 0 Å². The molecule has 3 aliphatic carbocycles. The number of carbonyl (C=O) groups excluding carboxylic acids is 1. The summed E-state index contributed by atoms with van der Waals surface area (Å²) in [6.45, 7) is 10.4. The van der Waals surface area contributed by atoms with Crippen LogP contribution in [0, 0.1) is 33.5 Å². The van der Waals surface area contributed by atoms with Gasteiger partial charge in [0, 0.05) is 28.2 Å². The van der Waals surface area contributed by atoms with E-state index in [1.807, 2.05) is 6.07 Å². The molecule has 33 heavy (non-hydrogen) atoms. The minimum absolute atomic E-state index is 0.0602. The molecule has 3 saturated carbocycles. The molecule has 3 N–H and O–H groups in total. The van der Waals surface area contributed by atoms with Gasteiger partial charge in [-0.05, 0) is 42.6 Å². The highest BCUT2D eigenvalue weighted by atomic mass is 16.7. The Bertz CT molecular complexity index is 989. The lowest BCUT2D eigenvalue weighted by atomic mass is 9.34. The van der Waals surface area contributed by atoms with E-state index in [9.17, 15) is 20.1 Å². The van der Waals surface area contributed by atoms with Crippen LogP contribution < -0.4 is 0 Å². The highest BCUT2D eigenvalue weighted by Gasteiger charge is 2.88. The lowest BCUT2D eigenvalue weighted by molar-refractivity contribution is -0.293. The summed E-state index contributed by atoms with van der Waals surface area (Å²) in [4.78, 5) is 13.1. The van der Waals surface area contributed by atoms with Gasteiger partial charge in [0.1, 0.15) is 11.7 Å². The van der Waals surface area contributed by atoms with Crippen LogP contribution >= 0.6 is 0 Å². The molecular weight excluding hydrogens is 424 g/mol. The maximum atomic E-state index is 13.1. The normalized spacial score (nSPS) is 56.6. The van der Waals surface area contributed by atoms with E-state index >= 15 is 0 Å². The molecule has 5 fully saturated rings. The Kier molecular flexibility index (Phi) is 4.17. The van der Waals surface area contributed by atoms with E-state index in [1.165, 1.54) is 0 Å². The van der Waals surface area contributed by atoms with Gasteiger partial charge in [-0.3, -0.25) is 0 Å². The topological polar surface area (TPSA) is 113 Å². The summed E-state index contributed by atoms with van der Waals surface area (Å²) in [5.41, 5.74) is -2.33. The fourth-order valence-electron chi connectivity index (χ4n) is 9.48. The Morgan fingerprint density at radius 2 is 1.67 bits per heavy atom. The van der Waals surface area contributed by atoms with Gasteiger partial charge < -0.3 is 29.2 Å². The first-order valence-corrected chi connectivity index (χ1v) is 12.3. The van der Waals surface area contributed by atoms with Gasteiger partial charge in [-0.15, -0.1) is 0 Å². The SMILES string of the molecule is CC1(C)[C@H](O)C[C@H](O)[C@@]2(C)[C@@H]1C[C@@H](O)[C@]1(C)[C@H]2CC[C@@]2(C)[C@H](c3ccoc3)OC(=O)[C@H]3O[C@]312. The molecule has 1 aromatic rings. The predicted octanol–water partition coefficient (Wildman–Crippen LogP) is 2.98. The summed E-state index contributed by atoms with van der Waals surface area (Å²) in [5, 5.41) is 34.1. The van der Waals surface area contributed by atoms with E-state index in [1.54, 1.807) is 12.5 Å². The molecule has 2 aliphatic heterocycles. The number of ether oxygens (including phenoxy) is 2.